The summed E-state index contributed by atoms with van der Waals surface area (Å²) in [6, 6.07) is 5.53. The van der Waals surface area contributed by atoms with Crippen molar-refractivity contribution in [3.63, 3.8) is 0 Å². The summed E-state index contributed by atoms with van der Waals surface area (Å²) in [4.78, 5) is 16.7. The predicted octanol–water partition coefficient (Wildman–Crippen LogP) is 1.79. The number of ether oxygens (including phenoxy) is 3. The number of methoxy groups -OCH3 is 1. The molecule has 7 nitrogen and oxygen atoms in total. The van der Waals surface area contributed by atoms with Crippen LogP contribution in [0.25, 0.3) is 0 Å². The Morgan fingerprint density at radius 1 is 1.37 bits per heavy atom. The Kier molecular flexibility index (Phi) is 9.64. The summed E-state index contributed by atoms with van der Waals surface area (Å²) in [6.45, 7) is 9.67. The van der Waals surface area contributed by atoms with Gasteiger partial charge in [-0.3, -0.25) is 9.69 Å². The van der Waals surface area contributed by atoms with E-state index < -0.39 is 6.10 Å². The Labute approximate surface area is 178 Å². The fraction of sp³-hybridized carbons (Fsp3) is 0.682. The average molecular weight is 427 g/mol. The number of nitrogens with zero attached hydrogens (tertiary/aromatic N) is 2. The average Bonchev–Trinajstić information content (AvgIpc) is 2.69. The highest BCUT2D eigenvalue weighted by Gasteiger charge is 2.27. The summed E-state index contributed by atoms with van der Waals surface area (Å²) >= 11 is 0. The van der Waals surface area contributed by atoms with Crippen LogP contribution < -0.4 is 0 Å². The number of halogens is 1. The number of morpholine rings is 1. The molecule has 1 aromatic carbocycles. The van der Waals surface area contributed by atoms with Gasteiger partial charge in [-0.15, -0.1) is 0 Å². The van der Waals surface area contributed by atoms with Crippen LogP contribution in [-0.2, 0) is 14.2 Å². The lowest BCUT2D eigenvalue weighted by Crippen LogP contribution is -2.51. The number of rotatable bonds is 10. The summed E-state index contributed by atoms with van der Waals surface area (Å²) in [5.41, 5.74) is 0.131. The van der Waals surface area contributed by atoms with Crippen LogP contribution in [0.3, 0.4) is 0 Å². The number of hydrogen-bond donors (Lipinski definition) is 1. The van der Waals surface area contributed by atoms with Gasteiger partial charge in [0, 0.05) is 45.4 Å². The fourth-order valence-corrected chi connectivity index (χ4v) is 3.25. The van der Waals surface area contributed by atoms with Crippen molar-refractivity contribution in [3.05, 3.63) is 35.6 Å². The van der Waals surface area contributed by atoms with E-state index in [1.54, 1.807) is 12.0 Å². The van der Waals surface area contributed by atoms with Crippen LogP contribution in [-0.4, -0.2) is 98.3 Å². The zero-order valence-electron chi connectivity index (χ0n) is 18.5. The second-order valence-electron chi connectivity index (χ2n) is 8.58. The number of amides is 1. The Hall–Kier alpha value is -1.58. The van der Waals surface area contributed by atoms with Gasteiger partial charge >= 0.3 is 0 Å². The molecule has 30 heavy (non-hydrogen) atoms. The zero-order chi connectivity index (χ0) is 22.1. The smallest absolute Gasteiger partial charge is 0.254 e. The minimum Gasteiger partial charge on any atom is -0.389 e. The fourth-order valence-electron chi connectivity index (χ4n) is 3.25. The molecule has 1 fully saturated rings. The third-order valence-electron chi connectivity index (χ3n) is 4.77. The number of carbonyl (C=O) groups excluding carboxylic acids is 1. The van der Waals surface area contributed by atoms with E-state index >= 15 is 0 Å². The van der Waals surface area contributed by atoms with Crippen LogP contribution >= 0.6 is 0 Å². The number of benzene rings is 1. The molecule has 1 N–H and O–H groups in total. The van der Waals surface area contributed by atoms with Gasteiger partial charge in [0.2, 0.25) is 0 Å². The standard InChI is InChI=1S/C22H35FN2O5/c1-22(2,3)30-16-19(26)13-24-9-12-29-20(14-24)15-25(10-11-28-4)21(27)17-5-7-18(23)8-6-17/h5-8,19-20,26H,9-16H2,1-4H3/t19-,20-/m1/s1. The quantitative estimate of drug-likeness (QED) is 0.615. The van der Waals surface area contributed by atoms with E-state index in [2.05, 4.69) is 4.90 Å². The molecule has 1 amide bonds. The monoisotopic (exact) mass is 426 g/mol. The Bertz CT molecular complexity index is 650. The summed E-state index contributed by atoms with van der Waals surface area (Å²) in [6.07, 6.45) is -0.774. The molecule has 0 radical (unpaired) electrons. The van der Waals surface area contributed by atoms with Crippen molar-refractivity contribution in [2.24, 2.45) is 0 Å². The first kappa shape index (κ1) is 24.7. The number of hydrogen-bond acceptors (Lipinski definition) is 6. The number of carbonyl (C=O) groups is 1. The van der Waals surface area contributed by atoms with Crippen LogP contribution in [0.15, 0.2) is 24.3 Å². The molecule has 1 aromatic rings. The minimum atomic E-state index is -0.589. The summed E-state index contributed by atoms with van der Waals surface area (Å²) in [5, 5.41) is 10.3. The van der Waals surface area contributed by atoms with Crippen LogP contribution in [0, 0.1) is 5.82 Å². The van der Waals surface area contributed by atoms with Crippen molar-refractivity contribution in [2.75, 3.05) is 59.7 Å². The molecule has 2 atom stereocenters. The van der Waals surface area contributed by atoms with E-state index in [1.165, 1.54) is 24.3 Å². The number of aliphatic hydroxyl groups is 1. The number of β-amino-alcohol motifs (C(OH)–C–C–N with tert-alkyl or cyclic N) is 1. The molecule has 1 aliphatic heterocycles. The molecule has 0 saturated carbocycles. The van der Waals surface area contributed by atoms with E-state index in [0.29, 0.717) is 51.5 Å². The van der Waals surface area contributed by atoms with Gasteiger partial charge in [-0.1, -0.05) is 0 Å². The molecule has 0 aliphatic carbocycles. The van der Waals surface area contributed by atoms with E-state index in [0.717, 1.165) is 0 Å². The van der Waals surface area contributed by atoms with Crippen LogP contribution in [0.1, 0.15) is 31.1 Å². The first-order valence-corrected chi connectivity index (χ1v) is 10.4. The molecule has 1 heterocycles. The van der Waals surface area contributed by atoms with Gasteiger partial charge in [0.1, 0.15) is 5.82 Å². The first-order chi connectivity index (χ1) is 14.2. The highest BCUT2D eigenvalue weighted by molar-refractivity contribution is 5.94. The van der Waals surface area contributed by atoms with Gasteiger partial charge in [0.25, 0.3) is 5.91 Å². The SMILES string of the molecule is COCCN(C[C@H]1CN(C[C@@H](O)COC(C)(C)C)CCO1)C(=O)c1ccc(F)cc1. The normalized spacial score (nSPS) is 18.9. The highest BCUT2D eigenvalue weighted by atomic mass is 19.1. The molecule has 8 heteroatoms. The molecule has 170 valence electrons. The Morgan fingerprint density at radius 2 is 2.07 bits per heavy atom. The largest absolute Gasteiger partial charge is 0.389 e. The van der Waals surface area contributed by atoms with E-state index in [9.17, 15) is 14.3 Å². The predicted molar refractivity (Wildman–Crippen MR) is 112 cm³/mol. The third-order valence-corrected chi connectivity index (χ3v) is 4.77. The van der Waals surface area contributed by atoms with Crippen molar-refractivity contribution in [3.8, 4) is 0 Å². The lowest BCUT2D eigenvalue weighted by Gasteiger charge is -2.36. The lowest BCUT2D eigenvalue weighted by molar-refractivity contribution is -0.0784. The van der Waals surface area contributed by atoms with Crippen LogP contribution in [0.2, 0.25) is 0 Å². The lowest BCUT2D eigenvalue weighted by atomic mass is 10.1. The van der Waals surface area contributed by atoms with Crippen LogP contribution in [0.4, 0.5) is 4.39 Å². The summed E-state index contributed by atoms with van der Waals surface area (Å²) in [7, 11) is 1.58. The minimum absolute atomic E-state index is 0.185. The van der Waals surface area contributed by atoms with Crippen molar-refractivity contribution in [1.29, 1.82) is 0 Å². The van der Waals surface area contributed by atoms with Gasteiger partial charge in [0.05, 0.1) is 37.6 Å². The molecule has 0 bridgehead atoms. The molecule has 0 spiro atoms. The molecular formula is C22H35FN2O5. The third kappa shape index (κ3) is 8.65. The summed E-state index contributed by atoms with van der Waals surface area (Å²) < 4.78 is 29.9. The Balaban J connectivity index is 1.93. The maximum Gasteiger partial charge on any atom is 0.254 e. The van der Waals surface area contributed by atoms with Gasteiger partial charge in [-0.05, 0) is 45.0 Å². The summed E-state index contributed by atoms with van der Waals surface area (Å²) in [5.74, 6) is -0.568. The van der Waals surface area contributed by atoms with Crippen molar-refractivity contribution < 1.29 is 28.5 Å². The maximum atomic E-state index is 13.2. The van der Waals surface area contributed by atoms with E-state index in [-0.39, 0.29) is 30.0 Å². The van der Waals surface area contributed by atoms with Crippen molar-refractivity contribution in [1.82, 2.24) is 9.80 Å². The molecule has 1 aliphatic rings. The number of aliphatic hydroxyl groups excluding tert-OH is 1. The zero-order valence-corrected chi connectivity index (χ0v) is 18.5. The second kappa shape index (κ2) is 11.7. The highest BCUT2D eigenvalue weighted by Crippen LogP contribution is 2.13. The molecule has 0 unspecified atom stereocenters. The van der Waals surface area contributed by atoms with Crippen molar-refractivity contribution >= 4 is 5.91 Å². The molecular weight excluding hydrogens is 391 g/mol. The molecule has 1 saturated heterocycles. The first-order valence-electron chi connectivity index (χ1n) is 10.4. The van der Waals surface area contributed by atoms with Gasteiger partial charge in [-0.25, -0.2) is 4.39 Å². The van der Waals surface area contributed by atoms with Crippen molar-refractivity contribution in [2.45, 2.75) is 38.6 Å². The maximum absolute atomic E-state index is 13.2. The van der Waals surface area contributed by atoms with Crippen LogP contribution in [0.5, 0.6) is 0 Å². The topological polar surface area (TPSA) is 71.5 Å². The molecule has 2 rings (SSSR count). The Morgan fingerprint density at radius 3 is 2.70 bits per heavy atom. The van der Waals surface area contributed by atoms with Gasteiger partial charge in [-0.2, -0.15) is 0 Å². The van der Waals surface area contributed by atoms with E-state index in [4.69, 9.17) is 14.2 Å². The molecule has 0 aromatic heterocycles. The van der Waals surface area contributed by atoms with Gasteiger partial charge < -0.3 is 24.2 Å². The van der Waals surface area contributed by atoms with Gasteiger partial charge in [0.15, 0.2) is 0 Å². The van der Waals surface area contributed by atoms with E-state index in [1.807, 2.05) is 20.8 Å². The second-order valence-corrected chi connectivity index (χ2v) is 8.58.